The zero-order valence-electron chi connectivity index (χ0n) is 24.7. The van der Waals surface area contributed by atoms with E-state index in [1.165, 1.54) is 36.5 Å². The number of ether oxygens (including phenoxy) is 1. The van der Waals surface area contributed by atoms with Gasteiger partial charge in [0.1, 0.15) is 11.6 Å². The van der Waals surface area contributed by atoms with Crippen molar-refractivity contribution in [2.45, 2.75) is 38.4 Å². The van der Waals surface area contributed by atoms with E-state index >= 15 is 4.39 Å². The molecule has 0 amide bonds. The maximum Gasteiger partial charge on any atom is 0.416 e. The number of aromatic nitrogens is 3. The molecule has 0 unspecified atom stereocenters. The molecule has 1 fully saturated rings. The van der Waals surface area contributed by atoms with Crippen LogP contribution in [0.25, 0.3) is 22.3 Å². The molecule has 3 aromatic carbocycles. The van der Waals surface area contributed by atoms with Gasteiger partial charge >= 0.3 is 6.18 Å². The van der Waals surface area contributed by atoms with Crippen molar-refractivity contribution < 1.29 is 31.2 Å². The first-order valence-electron chi connectivity index (χ1n) is 14.3. The number of halogens is 5. The summed E-state index contributed by atoms with van der Waals surface area (Å²) < 4.78 is 81.7. The number of hydrogen-bond donors (Lipinski definition) is 0. The fourth-order valence-electron chi connectivity index (χ4n) is 5.57. The topological polar surface area (TPSA) is 73.4 Å². The highest BCUT2D eigenvalue weighted by atomic mass is 19.4. The van der Waals surface area contributed by atoms with Gasteiger partial charge in [0.05, 0.1) is 47.0 Å². The predicted octanol–water partition coefficient (Wildman–Crippen LogP) is 7.12. The number of morpholine rings is 1. The fourth-order valence-corrected chi connectivity index (χ4v) is 5.57. The summed E-state index contributed by atoms with van der Waals surface area (Å²) in [6.45, 7) is 7.13. The van der Waals surface area contributed by atoms with Crippen LogP contribution in [0, 0.1) is 11.6 Å². The highest BCUT2D eigenvalue weighted by Gasteiger charge is 2.32. The predicted molar refractivity (Wildman–Crippen MR) is 158 cm³/mol. The maximum atomic E-state index is 15.6. The summed E-state index contributed by atoms with van der Waals surface area (Å²) in [5.74, 6) is -0.875. The molecule has 5 aromatic rings. The SMILES string of the molecule is C[C@@H](c1ccc(C(F)(F)F)cc1)n1cc(-c2noc(C(C)(C)c3ccc(F)cc3)n2)c(=O)c2cc(F)c(N3CCOCC3)cc21. The van der Waals surface area contributed by atoms with Crippen molar-refractivity contribution in [3.63, 3.8) is 0 Å². The lowest BCUT2D eigenvalue weighted by Gasteiger charge is -2.30. The van der Waals surface area contributed by atoms with Crippen LogP contribution < -0.4 is 10.3 Å². The van der Waals surface area contributed by atoms with Gasteiger partial charge in [0, 0.05) is 24.7 Å². The molecule has 234 valence electrons. The number of hydrogen-bond acceptors (Lipinski definition) is 6. The van der Waals surface area contributed by atoms with Gasteiger partial charge in [-0.1, -0.05) is 29.4 Å². The number of nitrogens with zero attached hydrogens (tertiary/aromatic N) is 4. The van der Waals surface area contributed by atoms with Crippen molar-refractivity contribution in [2.24, 2.45) is 0 Å². The molecule has 1 saturated heterocycles. The Labute approximate surface area is 254 Å². The van der Waals surface area contributed by atoms with Crippen LogP contribution in [0.3, 0.4) is 0 Å². The molecule has 1 aliphatic rings. The second-order valence-corrected chi connectivity index (χ2v) is 11.6. The van der Waals surface area contributed by atoms with Crippen molar-refractivity contribution in [3.8, 4) is 11.4 Å². The number of alkyl halides is 3. The second-order valence-electron chi connectivity index (χ2n) is 11.6. The van der Waals surface area contributed by atoms with E-state index in [0.717, 1.165) is 12.1 Å². The highest BCUT2D eigenvalue weighted by molar-refractivity contribution is 5.86. The summed E-state index contributed by atoms with van der Waals surface area (Å²) in [6, 6.07) is 12.8. The molecule has 0 saturated carbocycles. The van der Waals surface area contributed by atoms with E-state index in [1.54, 1.807) is 29.7 Å². The quantitative estimate of drug-likeness (QED) is 0.187. The minimum absolute atomic E-state index is 0.0182. The minimum atomic E-state index is -4.50. The number of rotatable bonds is 6. The lowest BCUT2D eigenvalue weighted by atomic mass is 9.84. The summed E-state index contributed by atoms with van der Waals surface area (Å²) in [7, 11) is 0. The molecule has 0 spiro atoms. The molecule has 6 rings (SSSR count). The Kier molecular flexibility index (Phi) is 7.72. The summed E-state index contributed by atoms with van der Waals surface area (Å²) in [4.78, 5) is 20.2. The van der Waals surface area contributed by atoms with Crippen molar-refractivity contribution in [3.05, 3.63) is 111 Å². The van der Waals surface area contributed by atoms with E-state index < -0.39 is 40.3 Å². The van der Waals surface area contributed by atoms with Crippen LogP contribution in [0.15, 0.2) is 76.2 Å². The van der Waals surface area contributed by atoms with E-state index in [1.807, 2.05) is 18.7 Å². The lowest BCUT2D eigenvalue weighted by Crippen LogP contribution is -2.36. The van der Waals surface area contributed by atoms with E-state index in [0.29, 0.717) is 42.9 Å². The Morgan fingerprint density at radius 2 is 1.56 bits per heavy atom. The van der Waals surface area contributed by atoms with Crippen LogP contribution in [0.4, 0.5) is 27.6 Å². The molecule has 45 heavy (non-hydrogen) atoms. The third-order valence-corrected chi connectivity index (χ3v) is 8.36. The van der Waals surface area contributed by atoms with Gasteiger partial charge in [0.15, 0.2) is 0 Å². The highest BCUT2D eigenvalue weighted by Crippen LogP contribution is 2.35. The Balaban J connectivity index is 1.50. The zero-order valence-corrected chi connectivity index (χ0v) is 24.7. The number of benzene rings is 3. The first-order valence-corrected chi connectivity index (χ1v) is 14.3. The van der Waals surface area contributed by atoms with Gasteiger partial charge in [-0.25, -0.2) is 8.78 Å². The van der Waals surface area contributed by atoms with Crippen LogP contribution in [-0.4, -0.2) is 41.0 Å². The van der Waals surface area contributed by atoms with Gasteiger partial charge in [-0.05, 0) is 68.3 Å². The van der Waals surface area contributed by atoms with Gasteiger partial charge in [-0.15, -0.1) is 0 Å². The van der Waals surface area contributed by atoms with Gasteiger partial charge in [-0.3, -0.25) is 4.79 Å². The van der Waals surface area contributed by atoms with Crippen LogP contribution in [0.5, 0.6) is 0 Å². The zero-order chi connectivity index (χ0) is 32.1. The average molecular weight is 625 g/mol. The van der Waals surface area contributed by atoms with Crippen molar-refractivity contribution in [1.29, 1.82) is 0 Å². The first kappa shape index (κ1) is 30.4. The molecule has 3 heterocycles. The van der Waals surface area contributed by atoms with Crippen LogP contribution in [-0.2, 0) is 16.3 Å². The largest absolute Gasteiger partial charge is 0.416 e. The average Bonchev–Trinajstić information content (AvgIpc) is 3.52. The van der Waals surface area contributed by atoms with E-state index in [9.17, 15) is 22.4 Å². The van der Waals surface area contributed by atoms with Crippen LogP contribution in [0.1, 0.15) is 49.4 Å². The normalized spacial score (nSPS) is 15.1. The summed E-state index contributed by atoms with van der Waals surface area (Å²) in [6.07, 6.45) is -2.98. The van der Waals surface area contributed by atoms with Crippen molar-refractivity contribution in [1.82, 2.24) is 14.7 Å². The Morgan fingerprint density at radius 3 is 2.20 bits per heavy atom. The molecule has 1 atom stereocenters. The molecule has 0 bridgehead atoms. The molecule has 1 aliphatic heterocycles. The van der Waals surface area contributed by atoms with E-state index in [-0.39, 0.29) is 28.4 Å². The van der Waals surface area contributed by atoms with Crippen molar-refractivity contribution >= 4 is 16.6 Å². The van der Waals surface area contributed by atoms with E-state index in [4.69, 9.17) is 9.26 Å². The minimum Gasteiger partial charge on any atom is -0.378 e. The Bertz CT molecular complexity index is 1910. The molecule has 0 radical (unpaired) electrons. The lowest BCUT2D eigenvalue weighted by molar-refractivity contribution is -0.137. The Morgan fingerprint density at radius 1 is 0.911 bits per heavy atom. The number of fused-ring (bicyclic) bond motifs is 1. The second kappa shape index (κ2) is 11.4. The first-order chi connectivity index (χ1) is 21.3. The number of anilines is 1. The van der Waals surface area contributed by atoms with Gasteiger partial charge in [-0.2, -0.15) is 18.2 Å². The van der Waals surface area contributed by atoms with Gasteiger partial charge in [0.2, 0.25) is 17.1 Å². The molecule has 7 nitrogen and oxygen atoms in total. The fraction of sp³-hybridized carbons (Fsp3) is 0.303. The van der Waals surface area contributed by atoms with Crippen molar-refractivity contribution in [2.75, 3.05) is 31.2 Å². The maximum absolute atomic E-state index is 15.6. The molecule has 0 aliphatic carbocycles. The van der Waals surface area contributed by atoms with Gasteiger partial charge in [0.25, 0.3) is 0 Å². The monoisotopic (exact) mass is 624 g/mol. The molecule has 0 N–H and O–H groups in total. The molecule has 2 aromatic heterocycles. The Hall–Kier alpha value is -4.58. The standard InChI is InChI=1S/C33H29F5N4O3/c1-19(20-4-6-22(7-5-20)33(36,37)38)42-18-25(30-39-31(45-40-30)32(2,3)21-8-10-23(34)11-9-21)29(43)24-16-26(35)28(17-27(24)42)41-12-14-44-15-13-41/h4-11,16-19H,12-15H2,1-3H3/t19-/m0/s1. The third-order valence-electron chi connectivity index (χ3n) is 8.36. The number of pyridine rings is 1. The third kappa shape index (κ3) is 5.70. The van der Waals surface area contributed by atoms with E-state index in [2.05, 4.69) is 10.1 Å². The molecule has 12 heteroatoms. The summed E-state index contributed by atoms with van der Waals surface area (Å²) in [5, 5.41) is 4.12. The van der Waals surface area contributed by atoms with Gasteiger partial charge < -0.3 is 18.7 Å². The van der Waals surface area contributed by atoms with Crippen LogP contribution >= 0.6 is 0 Å². The molecular formula is C33H29F5N4O3. The molecular weight excluding hydrogens is 595 g/mol. The summed E-state index contributed by atoms with van der Waals surface area (Å²) in [5.41, 5.74) is -0.259. The smallest absolute Gasteiger partial charge is 0.378 e. The summed E-state index contributed by atoms with van der Waals surface area (Å²) >= 11 is 0. The van der Waals surface area contributed by atoms with Crippen LogP contribution in [0.2, 0.25) is 0 Å².